The van der Waals surface area contributed by atoms with Crippen LogP contribution >= 0.6 is 0 Å². The number of carbonyl (C=O) groups excluding carboxylic acids is 1. The number of hydrogen-bond donors (Lipinski definition) is 1. The van der Waals surface area contributed by atoms with Crippen LogP contribution in [-0.2, 0) is 4.79 Å². The van der Waals surface area contributed by atoms with E-state index in [9.17, 15) is 4.79 Å². The van der Waals surface area contributed by atoms with E-state index < -0.39 is 0 Å². The smallest absolute Gasteiger partial charge is 0.141 e. The molecule has 0 radical (unpaired) electrons. The first-order chi connectivity index (χ1) is 7.25. The molecule has 0 amide bonds. The van der Waals surface area contributed by atoms with E-state index in [2.05, 4.69) is 11.8 Å². The fourth-order valence-corrected chi connectivity index (χ4v) is 2.39. The van der Waals surface area contributed by atoms with Crippen LogP contribution in [-0.4, -0.2) is 12.3 Å². The zero-order valence-electron chi connectivity index (χ0n) is 9.64. The molecule has 1 fully saturated rings. The van der Waals surface area contributed by atoms with Crippen LogP contribution in [0.15, 0.2) is 0 Å². The van der Waals surface area contributed by atoms with Gasteiger partial charge in [0.05, 0.1) is 0 Å². The second-order valence-electron chi connectivity index (χ2n) is 4.40. The Balaban J connectivity index is 2.54. The molecule has 0 aliphatic heterocycles. The van der Waals surface area contributed by atoms with Crippen molar-refractivity contribution < 1.29 is 4.79 Å². The van der Waals surface area contributed by atoms with Crippen LogP contribution < -0.4 is 5.73 Å². The molecule has 1 saturated carbocycles. The Kier molecular flexibility index (Phi) is 4.84. The number of nitrogens with two attached hydrogens (primary N) is 1. The van der Waals surface area contributed by atoms with Gasteiger partial charge in [0, 0.05) is 24.8 Å². The minimum Gasteiger partial charge on any atom is -0.329 e. The lowest BCUT2D eigenvalue weighted by Gasteiger charge is -2.34. The number of rotatable bonds is 4. The van der Waals surface area contributed by atoms with Crippen LogP contribution in [0.2, 0.25) is 0 Å². The standard InChI is InChI=1S/C13H21NO/c1-2-3-5-8-12(15)13(11-14)9-6-4-7-10-13/h4-11,14H2,1H3. The van der Waals surface area contributed by atoms with E-state index in [0.717, 1.165) is 25.7 Å². The maximum Gasteiger partial charge on any atom is 0.141 e. The summed E-state index contributed by atoms with van der Waals surface area (Å²) in [4.78, 5) is 12.1. The van der Waals surface area contributed by atoms with Crippen LogP contribution in [0.5, 0.6) is 0 Å². The molecule has 0 aromatic rings. The molecule has 2 N–H and O–H groups in total. The van der Waals surface area contributed by atoms with Crippen molar-refractivity contribution in [1.29, 1.82) is 0 Å². The summed E-state index contributed by atoms with van der Waals surface area (Å²) in [6, 6.07) is 0. The lowest BCUT2D eigenvalue weighted by atomic mass is 9.70. The molecule has 2 nitrogen and oxygen atoms in total. The second-order valence-corrected chi connectivity index (χ2v) is 4.40. The molecule has 0 bridgehead atoms. The molecule has 0 heterocycles. The van der Waals surface area contributed by atoms with Crippen molar-refractivity contribution in [3.63, 3.8) is 0 Å². The number of ketones is 1. The molecule has 0 unspecified atom stereocenters. The molecular weight excluding hydrogens is 186 g/mol. The van der Waals surface area contributed by atoms with Gasteiger partial charge in [-0.1, -0.05) is 19.3 Å². The predicted octanol–water partition coefficient (Wildman–Crippen LogP) is 2.27. The SMILES string of the molecule is CC#CCCC(=O)C1(CN)CCCCC1. The van der Waals surface area contributed by atoms with Gasteiger partial charge in [-0.05, 0) is 19.8 Å². The summed E-state index contributed by atoms with van der Waals surface area (Å²) in [5.74, 6) is 6.11. The number of Topliss-reactive ketones (excluding diaryl/α,β-unsaturated/α-hetero) is 1. The van der Waals surface area contributed by atoms with Gasteiger partial charge in [-0.25, -0.2) is 0 Å². The highest BCUT2D eigenvalue weighted by Gasteiger charge is 2.36. The van der Waals surface area contributed by atoms with E-state index in [1.807, 2.05) is 6.92 Å². The van der Waals surface area contributed by atoms with E-state index in [1.54, 1.807) is 0 Å². The fourth-order valence-electron chi connectivity index (χ4n) is 2.39. The van der Waals surface area contributed by atoms with Gasteiger partial charge in [0.2, 0.25) is 0 Å². The van der Waals surface area contributed by atoms with Crippen LogP contribution in [0.1, 0.15) is 51.9 Å². The minimum absolute atomic E-state index is 0.201. The average Bonchev–Trinajstić information content (AvgIpc) is 2.30. The van der Waals surface area contributed by atoms with Crippen LogP contribution in [0.4, 0.5) is 0 Å². The Morgan fingerprint density at radius 2 is 2.00 bits per heavy atom. The molecule has 15 heavy (non-hydrogen) atoms. The summed E-state index contributed by atoms with van der Waals surface area (Å²) < 4.78 is 0. The molecule has 2 heteroatoms. The summed E-state index contributed by atoms with van der Waals surface area (Å²) in [6.07, 6.45) is 6.81. The van der Waals surface area contributed by atoms with Crippen molar-refractivity contribution in [2.45, 2.75) is 51.9 Å². The molecule has 0 aromatic carbocycles. The number of carbonyl (C=O) groups is 1. The van der Waals surface area contributed by atoms with Gasteiger partial charge < -0.3 is 5.73 Å². The molecule has 0 atom stereocenters. The van der Waals surface area contributed by atoms with Crippen molar-refractivity contribution in [3.05, 3.63) is 0 Å². The highest BCUT2D eigenvalue weighted by molar-refractivity contribution is 5.85. The average molecular weight is 207 g/mol. The van der Waals surface area contributed by atoms with Gasteiger partial charge >= 0.3 is 0 Å². The van der Waals surface area contributed by atoms with Gasteiger partial charge in [-0.2, -0.15) is 0 Å². The van der Waals surface area contributed by atoms with Gasteiger partial charge in [-0.3, -0.25) is 4.79 Å². The van der Waals surface area contributed by atoms with E-state index in [0.29, 0.717) is 25.2 Å². The van der Waals surface area contributed by atoms with Gasteiger partial charge in [0.25, 0.3) is 0 Å². The predicted molar refractivity (Wildman–Crippen MR) is 62.3 cm³/mol. The zero-order chi connectivity index (χ0) is 11.1. The van der Waals surface area contributed by atoms with E-state index in [1.165, 1.54) is 6.42 Å². The molecule has 1 rings (SSSR count). The third-order valence-electron chi connectivity index (χ3n) is 3.45. The summed E-state index contributed by atoms with van der Waals surface area (Å²) in [5.41, 5.74) is 5.59. The quantitative estimate of drug-likeness (QED) is 0.719. The highest BCUT2D eigenvalue weighted by Crippen LogP contribution is 2.37. The summed E-state index contributed by atoms with van der Waals surface area (Å²) in [5, 5.41) is 0. The summed E-state index contributed by atoms with van der Waals surface area (Å²) in [7, 11) is 0. The van der Waals surface area contributed by atoms with Gasteiger partial charge in [0.15, 0.2) is 0 Å². The molecule has 1 aliphatic carbocycles. The van der Waals surface area contributed by atoms with Crippen LogP contribution in [0.3, 0.4) is 0 Å². The molecule has 0 saturated heterocycles. The Labute approximate surface area is 92.6 Å². The van der Waals surface area contributed by atoms with Gasteiger partial charge in [0.1, 0.15) is 5.78 Å². The minimum atomic E-state index is -0.201. The normalized spacial score (nSPS) is 19.1. The van der Waals surface area contributed by atoms with Crippen molar-refractivity contribution >= 4 is 5.78 Å². The molecular formula is C13H21NO. The maximum absolute atomic E-state index is 12.1. The Bertz CT molecular complexity index is 266. The first-order valence-corrected chi connectivity index (χ1v) is 5.88. The third-order valence-corrected chi connectivity index (χ3v) is 3.45. The summed E-state index contributed by atoms with van der Waals surface area (Å²) >= 11 is 0. The number of hydrogen-bond acceptors (Lipinski definition) is 2. The van der Waals surface area contributed by atoms with Crippen LogP contribution in [0.25, 0.3) is 0 Å². The first-order valence-electron chi connectivity index (χ1n) is 5.88. The lowest BCUT2D eigenvalue weighted by molar-refractivity contribution is -0.129. The third kappa shape index (κ3) is 3.07. The molecule has 0 aromatic heterocycles. The van der Waals surface area contributed by atoms with Crippen molar-refractivity contribution in [3.8, 4) is 11.8 Å². The Morgan fingerprint density at radius 3 is 2.53 bits per heavy atom. The van der Waals surface area contributed by atoms with E-state index in [4.69, 9.17) is 5.73 Å². The highest BCUT2D eigenvalue weighted by atomic mass is 16.1. The van der Waals surface area contributed by atoms with E-state index >= 15 is 0 Å². The van der Waals surface area contributed by atoms with Crippen molar-refractivity contribution in [2.24, 2.45) is 11.1 Å². The van der Waals surface area contributed by atoms with Gasteiger partial charge in [-0.15, -0.1) is 11.8 Å². The van der Waals surface area contributed by atoms with Crippen LogP contribution in [0, 0.1) is 17.3 Å². The molecule has 1 aliphatic rings. The summed E-state index contributed by atoms with van der Waals surface area (Å²) in [6.45, 7) is 2.33. The monoisotopic (exact) mass is 207 g/mol. The topological polar surface area (TPSA) is 43.1 Å². The fraction of sp³-hybridized carbons (Fsp3) is 0.769. The maximum atomic E-state index is 12.1. The zero-order valence-corrected chi connectivity index (χ0v) is 9.64. The Morgan fingerprint density at radius 1 is 1.33 bits per heavy atom. The van der Waals surface area contributed by atoms with Crippen molar-refractivity contribution in [1.82, 2.24) is 0 Å². The molecule has 84 valence electrons. The Hall–Kier alpha value is -0.810. The molecule has 0 spiro atoms. The van der Waals surface area contributed by atoms with E-state index in [-0.39, 0.29) is 5.41 Å². The first kappa shape index (κ1) is 12.3. The second kappa shape index (κ2) is 5.92. The van der Waals surface area contributed by atoms with Crippen molar-refractivity contribution in [2.75, 3.05) is 6.54 Å². The lowest BCUT2D eigenvalue weighted by Crippen LogP contribution is -2.40. The largest absolute Gasteiger partial charge is 0.329 e.